The molecule has 1 fully saturated rings. The highest BCUT2D eigenvalue weighted by Gasteiger charge is 2.31. The lowest BCUT2D eigenvalue weighted by Crippen LogP contribution is -2.47. The summed E-state index contributed by atoms with van der Waals surface area (Å²) in [6.07, 6.45) is 7.94. The Morgan fingerprint density at radius 2 is 2.33 bits per heavy atom. The van der Waals surface area contributed by atoms with Crippen LogP contribution in [0.4, 0.5) is 0 Å². The second kappa shape index (κ2) is 2.86. The van der Waals surface area contributed by atoms with E-state index in [0.29, 0.717) is 0 Å². The van der Waals surface area contributed by atoms with E-state index >= 15 is 0 Å². The average molecular weight is 166 g/mol. The number of aryl methyl sites for hydroxylation is 1. The fourth-order valence-electron chi connectivity index (χ4n) is 1.57. The van der Waals surface area contributed by atoms with E-state index in [-0.39, 0.29) is 5.54 Å². The first-order valence-corrected chi connectivity index (χ1v) is 4.40. The number of nitrogens with zero attached hydrogens (tertiary/aromatic N) is 3. The molecule has 4 nitrogen and oxygen atoms in total. The number of rotatable bonds is 3. The van der Waals surface area contributed by atoms with Gasteiger partial charge >= 0.3 is 0 Å². The Morgan fingerprint density at radius 3 is 2.83 bits per heavy atom. The van der Waals surface area contributed by atoms with Crippen molar-refractivity contribution in [2.75, 3.05) is 0 Å². The molecule has 0 aliphatic heterocycles. The van der Waals surface area contributed by atoms with E-state index in [9.17, 15) is 0 Å². The van der Waals surface area contributed by atoms with Gasteiger partial charge in [-0.1, -0.05) is 0 Å². The Kier molecular flexibility index (Phi) is 1.84. The second-order valence-corrected chi connectivity index (χ2v) is 3.62. The Morgan fingerprint density at radius 1 is 1.50 bits per heavy atom. The summed E-state index contributed by atoms with van der Waals surface area (Å²) in [6, 6.07) is 0. The Labute approximate surface area is 71.8 Å². The largest absolute Gasteiger partial charge is 0.325 e. The van der Waals surface area contributed by atoms with Crippen LogP contribution in [0, 0.1) is 0 Å². The van der Waals surface area contributed by atoms with Gasteiger partial charge in [0.05, 0.1) is 0 Å². The zero-order chi connectivity index (χ0) is 8.44. The van der Waals surface area contributed by atoms with Gasteiger partial charge < -0.3 is 5.73 Å². The summed E-state index contributed by atoms with van der Waals surface area (Å²) in [7, 11) is 0. The minimum Gasteiger partial charge on any atom is -0.325 e. The van der Waals surface area contributed by atoms with E-state index in [1.807, 2.05) is 4.68 Å². The maximum absolute atomic E-state index is 6.06. The zero-order valence-corrected chi connectivity index (χ0v) is 7.11. The fraction of sp³-hybridized carbons (Fsp3) is 0.750. The maximum Gasteiger partial charge on any atom is 0.137 e. The standard InChI is InChI=1S/C8H14N4/c9-8(2-1-3-8)4-5-12-7-10-6-11-12/h6-7H,1-5,9H2. The van der Waals surface area contributed by atoms with E-state index < -0.39 is 0 Å². The van der Waals surface area contributed by atoms with Crippen LogP contribution in [0.15, 0.2) is 12.7 Å². The lowest BCUT2D eigenvalue weighted by molar-refractivity contribution is 0.218. The number of nitrogens with two attached hydrogens (primary N) is 1. The van der Waals surface area contributed by atoms with Crippen LogP contribution in [0.25, 0.3) is 0 Å². The van der Waals surface area contributed by atoms with Gasteiger partial charge in [-0.2, -0.15) is 5.10 Å². The minimum atomic E-state index is 0.103. The molecule has 12 heavy (non-hydrogen) atoms. The quantitative estimate of drug-likeness (QED) is 0.713. The van der Waals surface area contributed by atoms with Crippen LogP contribution in [-0.2, 0) is 6.54 Å². The van der Waals surface area contributed by atoms with Gasteiger partial charge in [0, 0.05) is 12.1 Å². The van der Waals surface area contributed by atoms with Crippen molar-refractivity contribution in [2.24, 2.45) is 5.73 Å². The third kappa shape index (κ3) is 1.48. The van der Waals surface area contributed by atoms with Crippen LogP contribution in [0.3, 0.4) is 0 Å². The number of aromatic nitrogens is 3. The van der Waals surface area contributed by atoms with E-state index in [4.69, 9.17) is 5.73 Å². The number of hydrogen-bond acceptors (Lipinski definition) is 3. The monoisotopic (exact) mass is 166 g/mol. The molecule has 1 aliphatic rings. The van der Waals surface area contributed by atoms with Gasteiger partial charge in [0.25, 0.3) is 0 Å². The van der Waals surface area contributed by atoms with Gasteiger partial charge in [-0.3, -0.25) is 4.68 Å². The van der Waals surface area contributed by atoms with Gasteiger partial charge in [-0.05, 0) is 25.7 Å². The van der Waals surface area contributed by atoms with Crippen molar-refractivity contribution in [3.63, 3.8) is 0 Å². The zero-order valence-electron chi connectivity index (χ0n) is 7.11. The SMILES string of the molecule is NC1(CCn2cncn2)CCC1. The van der Waals surface area contributed by atoms with Crippen molar-refractivity contribution in [3.8, 4) is 0 Å². The van der Waals surface area contributed by atoms with Gasteiger partial charge in [0.15, 0.2) is 0 Å². The fourth-order valence-corrected chi connectivity index (χ4v) is 1.57. The molecule has 2 N–H and O–H groups in total. The van der Waals surface area contributed by atoms with Gasteiger partial charge in [0.2, 0.25) is 0 Å². The molecule has 1 saturated carbocycles. The molecule has 1 heterocycles. The van der Waals surface area contributed by atoms with Crippen LogP contribution in [-0.4, -0.2) is 20.3 Å². The number of hydrogen-bond donors (Lipinski definition) is 1. The summed E-state index contributed by atoms with van der Waals surface area (Å²) < 4.78 is 1.84. The highest BCUT2D eigenvalue weighted by Crippen LogP contribution is 2.32. The van der Waals surface area contributed by atoms with Crippen molar-refractivity contribution < 1.29 is 0 Å². The molecule has 66 valence electrons. The van der Waals surface area contributed by atoms with Crippen molar-refractivity contribution in [2.45, 2.75) is 37.8 Å². The highest BCUT2D eigenvalue weighted by molar-refractivity contribution is 4.91. The topological polar surface area (TPSA) is 56.7 Å². The van der Waals surface area contributed by atoms with Gasteiger partial charge in [0.1, 0.15) is 12.7 Å². The summed E-state index contributed by atoms with van der Waals surface area (Å²) in [4.78, 5) is 3.88. The molecule has 0 amide bonds. The molecule has 2 rings (SSSR count). The summed E-state index contributed by atoms with van der Waals surface area (Å²) >= 11 is 0. The smallest absolute Gasteiger partial charge is 0.137 e. The minimum absolute atomic E-state index is 0.103. The Hall–Kier alpha value is -0.900. The van der Waals surface area contributed by atoms with Crippen molar-refractivity contribution in [3.05, 3.63) is 12.7 Å². The van der Waals surface area contributed by atoms with Crippen LogP contribution in [0.5, 0.6) is 0 Å². The van der Waals surface area contributed by atoms with Crippen molar-refractivity contribution in [1.29, 1.82) is 0 Å². The first-order chi connectivity index (χ1) is 5.79. The molecule has 4 heteroatoms. The molecule has 0 aromatic carbocycles. The first kappa shape index (κ1) is 7.73. The first-order valence-electron chi connectivity index (χ1n) is 4.40. The van der Waals surface area contributed by atoms with Crippen molar-refractivity contribution >= 4 is 0 Å². The Balaban J connectivity index is 1.82. The summed E-state index contributed by atoms with van der Waals surface area (Å²) in [5.41, 5.74) is 6.16. The van der Waals surface area contributed by atoms with E-state index in [2.05, 4.69) is 10.1 Å². The highest BCUT2D eigenvalue weighted by atomic mass is 15.3. The third-order valence-corrected chi connectivity index (χ3v) is 2.65. The van der Waals surface area contributed by atoms with Crippen molar-refractivity contribution in [1.82, 2.24) is 14.8 Å². The molecule has 0 saturated heterocycles. The molecule has 1 aromatic rings. The Bertz CT molecular complexity index is 238. The van der Waals surface area contributed by atoms with Gasteiger partial charge in [-0.25, -0.2) is 4.98 Å². The molecule has 1 aromatic heterocycles. The molecule has 0 radical (unpaired) electrons. The molecule has 0 unspecified atom stereocenters. The third-order valence-electron chi connectivity index (χ3n) is 2.65. The summed E-state index contributed by atoms with van der Waals surface area (Å²) in [6.45, 7) is 0.899. The average Bonchev–Trinajstić information content (AvgIpc) is 2.49. The normalized spacial score (nSPS) is 20.4. The lowest BCUT2D eigenvalue weighted by atomic mass is 9.75. The summed E-state index contributed by atoms with van der Waals surface area (Å²) in [5.74, 6) is 0. The van der Waals surface area contributed by atoms with Gasteiger partial charge in [-0.15, -0.1) is 0 Å². The molecule has 0 atom stereocenters. The molecular formula is C8H14N4. The molecular weight excluding hydrogens is 152 g/mol. The molecule has 0 bridgehead atoms. The van der Waals surface area contributed by atoms with Crippen LogP contribution < -0.4 is 5.73 Å². The summed E-state index contributed by atoms with van der Waals surface area (Å²) in [5, 5.41) is 4.03. The lowest BCUT2D eigenvalue weighted by Gasteiger charge is -2.38. The maximum atomic E-state index is 6.06. The second-order valence-electron chi connectivity index (χ2n) is 3.62. The van der Waals surface area contributed by atoms with Crippen LogP contribution >= 0.6 is 0 Å². The van der Waals surface area contributed by atoms with Crippen LogP contribution in [0.1, 0.15) is 25.7 Å². The molecule has 0 spiro atoms. The van der Waals surface area contributed by atoms with Crippen LogP contribution in [0.2, 0.25) is 0 Å². The predicted molar refractivity (Wildman–Crippen MR) is 45.4 cm³/mol. The van der Waals surface area contributed by atoms with E-state index in [1.165, 1.54) is 19.3 Å². The predicted octanol–water partition coefficient (Wildman–Crippen LogP) is 0.550. The van der Waals surface area contributed by atoms with E-state index in [0.717, 1.165) is 13.0 Å². The van der Waals surface area contributed by atoms with E-state index in [1.54, 1.807) is 12.7 Å². The molecule has 1 aliphatic carbocycles.